The van der Waals surface area contributed by atoms with Gasteiger partial charge in [0.15, 0.2) is 0 Å². The molecule has 1 nitrogen and oxygen atoms in total. The van der Waals surface area contributed by atoms with Crippen LogP contribution in [0.15, 0.2) is 59.0 Å². The summed E-state index contributed by atoms with van der Waals surface area (Å²) in [5.41, 5.74) is 1.52. The van der Waals surface area contributed by atoms with Gasteiger partial charge in [-0.05, 0) is 36.8 Å². The fraction of sp³-hybridized carbons (Fsp3) is 0.333. The summed E-state index contributed by atoms with van der Waals surface area (Å²) in [6.45, 7) is 0. The van der Waals surface area contributed by atoms with Crippen molar-refractivity contribution in [2.45, 2.75) is 17.7 Å². The molecule has 2 aliphatic carbocycles. The lowest BCUT2D eigenvalue weighted by molar-refractivity contribution is 0.365. The van der Waals surface area contributed by atoms with Gasteiger partial charge in [0.1, 0.15) is 0 Å². The molecule has 2 aliphatic rings. The lowest BCUT2D eigenvalue weighted by Crippen LogP contribution is -2.24. The molecule has 1 aromatic rings. The van der Waals surface area contributed by atoms with Gasteiger partial charge in [-0.15, -0.1) is 0 Å². The van der Waals surface area contributed by atoms with E-state index in [4.69, 9.17) is 0 Å². The molecule has 0 heterocycles. The maximum absolute atomic E-state index is 12.0. The van der Waals surface area contributed by atoms with E-state index in [1.165, 1.54) is 18.4 Å². The van der Waals surface area contributed by atoms with Crippen molar-refractivity contribution in [2.24, 2.45) is 11.8 Å². The maximum Gasteiger partial charge on any atom is 0.0568 e. The molecule has 0 spiro atoms. The van der Waals surface area contributed by atoms with Crippen molar-refractivity contribution in [1.82, 2.24) is 0 Å². The first kappa shape index (κ1) is 11.0. The third-order valence-electron chi connectivity index (χ3n) is 3.74. The van der Waals surface area contributed by atoms with Gasteiger partial charge in [0.05, 0.1) is 10.8 Å². The second kappa shape index (κ2) is 4.61. The lowest BCUT2D eigenvalue weighted by Gasteiger charge is -2.34. The van der Waals surface area contributed by atoms with Gasteiger partial charge in [-0.2, -0.15) is 0 Å². The number of rotatable bonds is 3. The monoisotopic (exact) mass is 244 g/mol. The SMILES string of the molecule is O=S(C/C=C1\CC2C=CCC12)c1ccccc1. The number of benzene rings is 1. The molecule has 0 aromatic heterocycles. The number of hydrogen-bond donors (Lipinski definition) is 0. The van der Waals surface area contributed by atoms with Crippen molar-refractivity contribution in [3.8, 4) is 0 Å². The van der Waals surface area contributed by atoms with Crippen molar-refractivity contribution in [2.75, 3.05) is 5.75 Å². The Hall–Kier alpha value is -1.15. The predicted octanol–water partition coefficient (Wildman–Crippen LogP) is 3.32. The van der Waals surface area contributed by atoms with Gasteiger partial charge in [-0.1, -0.05) is 42.0 Å². The largest absolute Gasteiger partial charge is 0.254 e. The van der Waals surface area contributed by atoms with Crippen LogP contribution in [0.2, 0.25) is 0 Å². The van der Waals surface area contributed by atoms with Crippen LogP contribution in [0.5, 0.6) is 0 Å². The Morgan fingerprint density at radius 2 is 2.12 bits per heavy atom. The Kier molecular flexibility index (Phi) is 2.98. The van der Waals surface area contributed by atoms with Crippen LogP contribution in [0.3, 0.4) is 0 Å². The van der Waals surface area contributed by atoms with E-state index >= 15 is 0 Å². The van der Waals surface area contributed by atoms with E-state index in [1.807, 2.05) is 30.3 Å². The Labute approximate surface area is 105 Å². The third-order valence-corrected chi connectivity index (χ3v) is 5.01. The van der Waals surface area contributed by atoms with Crippen LogP contribution in [0.1, 0.15) is 12.8 Å². The zero-order valence-electron chi connectivity index (χ0n) is 9.71. The average molecular weight is 244 g/mol. The van der Waals surface area contributed by atoms with E-state index in [1.54, 1.807) is 0 Å². The summed E-state index contributed by atoms with van der Waals surface area (Å²) < 4.78 is 12.0. The molecule has 0 saturated heterocycles. The number of allylic oxidation sites excluding steroid dienone is 3. The van der Waals surface area contributed by atoms with Crippen LogP contribution < -0.4 is 0 Å². The van der Waals surface area contributed by atoms with Crippen LogP contribution in [-0.2, 0) is 10.8 Å². The van der Waals surface area contributed by atoms with Crippen molar-refractivity contribution >= 4 is 10.8 Å². The molecule has 1 fully saturated rings. The fourth-order valence-electron chi connectivity index (χ4n) is 2.69. The van der Waals surface area contributed by atoms with E-state index in [9.17, 15) is 4.21 Å². The third kappa shape index (κ3) is 2.14. The molecule has 17 heavy (non-hydrogen) atoms. The number of hydrogen-bond acceptors (Lipinski definition) is 1. The molecule has 1 aromatic carbocycles. The topological polar surface area (TPSA) is 17.1 Å². The van der Waals surface area contributed by atoms with Gasteiger partial charge in [-0.3, -0.25) is 4.21 Å². The molecule has 0 bridgehead atoms. The van der Waals surface area contributed by atoms with Crippen LogP contribution in [0, 0.1) is 11.8 Å². The van der Waals surface area contributed by atoms with Crippen molar-refractivity contribution < 1.29 is 4.21 Å². The minimum atomic E-state index is -0.876. The smallest absolute Gasteiger partial charge is 0.0568 e. The summed E-state index contributed by atoms with van der Waals surface area (Å²) in [6, 6.07) is 9.73. The van der Waals surface area contributed by atoms with Crippen molar-refractivity contribution in [3.63, 3.8) is 0 Å². The molecular formula is C15H16OS. The number of fused-ring (bicyclic) bond motifs is 1. The van der Waals surface area contributed by atoms with Gasteiger partial charge in [0.25, 0.3) is 0 Å². The first-order chi connectivity index (χ1) is 8.34. The second-order valence-electron chi connectivity index (χ2n) is 4.74. The molecular weight excluding hydrogens is 228 g/mol. The van der Waals surface area contributed by atoms with Crippen LogP contribution in [-0.4, -0.2) is 9.96 Å². The Balaban J connectivity index is 1.62. The first-order valence-electron chi connectivity index (χ1n) is 6.13. The summed E-state index contributed by atoms with van der Waals surface area (Å²) in [7, 11) is -0.876. The quantitative estimate of drug-likeness (QED) is 0.745. The molecule has 2 heteroatoms. The van der Waals surface area contributed by atoms with Crippen LogP contribution in [0.4, 0.5) is 0 Å². The predicted molar refractivity (Wildman–Crippen MR) is 71.2 cm³/mol. The Bertz CT molecular complexity index is 487. The second-order valence-corrected chi connectivity index (χ2v) is 6.24. The Morgan fingerprint density at radius 1 is 1.29 bits per heavy atom. The molecule has 1 saturated carbocycles. The van der Waals surface area contributed by atoms with E-state index in [2.05, 4.69) is 18.2 Å². The minimum absolute atomic E-state index is 0.669. The molecule has 0 amide bonds. The molecule has 0 radical (unpaired) electrons. The molecule has 0 aliphatic heterocycles. The van der Waals surface area contributed by atoms with E-state index in [0.717, 1.165) is 16.7 Å². The average Bonchev–Trinajstić information content (AvgIpc) is 2.72. The lowest BCUT2D eigenvalue weighted by atomic mass is 9.71. The highest BCUT2D eigenvalue weighted by molar-refractivity contribution is 7.85. The molecule has 0 N–H and O–H groups in total. The minimum Gasteiger partial charge on any atom is -0.254 e. The first-order valence-corrected chi connectivity index (χ1v) is 7.45. The fourth-order valence-corrected chi connectivity index (χ4v) is 3.71. The standard InChI is InChI=1S/C15H16OS/c16-17(14-6-2-1-3-7-14)10-9-13-11-12-5-4-8-15(12)13/h1-7,9,12,15H,8,10-11H2/b13-9+. The highest BCUT2D eigenvalue weighted by atomic mass is 32.2. The highest BCUT2D eigenvalue weighted by Gasteiger charge is 2.35. The highest BCUT2D eigenvalue weighted by Crippen LogP contribution is 2.46. The normalized spacial score (nSPS) is 30.0. The van der Waals surface area contributed by atoms with Gasteiger partial charge in [0, 0.05) is 10.6 Å². The van der Waals surface area contributed by atoms with Gasteiger partial charge >= 0.3 is 0 Å². The van der Waals surface area contributed by atoms with E-state index in [0.29, 0.717) is 5.75 Å². The maximum atomic E-state index is 12.0. The van der Waals surface area contributed by atoms with Gasteiger partial charge in [-0.25, -0.2) is 0 Å². The summed E-state index contributed by atoms with van der Waals surface area (Å²) in [5, 5.41) is 0. The van der Waals surface area contributed by atoms with Gasteiger partial charge < -0.3 is 0 Å². The zero-order valence-corrected chi connectivity index (χ0v) is 10.5. The zero-order chi connectivity index (χ0) is 11.7. The molecule has 88 valence electrons. The molecule has 3 rings (SSSR count). The van der Waals surface area contributed by atoms with Crippen LogP contribution >= 0.6 is 0 Å². The summed E-state index contributed by atoms with van der Waals surface area (Å²) in [6.07, 6.45) is 9.19. The van der Waals surface area contributed by atoms with E-state index in [-0.39, 0.29) is 0 Å². The molecule has 3 unspecified atom stereocenters. The molecule has 3 atom stereocenters. The van der Waals surface area contributed by atoms with Crippen molar-refractivity contribution in [3.05, 3.63) is 54.1 Å². The van der Waals surface area contributed by atoms with Crippen LogP contribution in [0.25, 0.3) is 0 Å². The summed E-state index contributed by atoms with van der Waals surface area (Å²) in [4.78, 5) is 0.935. The van der Waals surface area contributed by atoms with Crippen molar-refractivity contribution in [1.29, 1.82) is 0 Å². The Morgan fingerprint density at radius 3 is 2.88 bits per heavy atom. The van der Waals surface area contributed by atoms with Gasteiger partial charge in [0.2, 0.25) is 0 Å². The van der Waals surface area contributed by atoms with E-state index < -0.39 is 10.8 Å². The summed E-state index contributed by atoms with van der Waals surface area (Å²) in [5.74, 6) is 2.19. The summed E-state index contributed by atoms with van der Waals surface area (Å²) >= 11 is 0.